The predicted molar refractivity (Wildman–Crippen MR) is 165 cm³/mol. The Kier molecular flexibility index (Phi) is 9.66. The van der Waals surface area contributed by atoms with E-state index in [1.54, 1.807) is 19.1 Å². The third kappa shape index (κ3) is 8.07. The second-order valence-corrected chi connectivity index (χ2v) is 10.5. The molecule has 2 heterocycles. The lowest BCUT2D eigenvalue weighted by atomic mass is 10.0. The lowest BCUT2D eigenvalue weighted by Gasteiger charge is -2.38. The first kappa shape index (κ1) is 33.9. The molecule has 15 heteroatoms. The van der Waals surface area contributed by atoms with Gasteiger partial charge in [-0.1, -0.05) is 54.1 Å². The molecule has 1 atom stereocenters. The third-order valence-electron chi connectivity index (χ3n) is 6.82. The number of halogens is 7. The minimum absolute atomic E-state index is 0.00193. The summed E-state index contributed by atoms with van der Waals surface area (Å²) in [7, 11) is 0. The van der Waals surface area contributed by atoms with Crippen LogP contribution in [0.25, 0.3) is 11.1 Å². The van der Waals surface area contributed by atoms with E-state index in [-0.39, 0.29) is 22.1 Å². The Bertz CT molecular complexity index is 1880. The number of aryl methyl sites for hydroxylation is 1. The molecule has 1 aliphatic heterocycles. The fourth-order valence-corrected chi connectivity index (χ4v) is 5.06. The Hall–Kier alpha value is -5.50. The number of aromatic nitrogens is 1. The second-order valence-electron chi connectivity index (χ2n) is 10.0. The number of pyridine rings is 1. The van der Waals surface area contributed by atoms with Crippen molar-refractivity contribution in [3.63, 3.8) is 0 Å². The van der Waals surface area contributed by atoms with Crippen LogP contribution in [-0.2, 0) is 0 Å². The third-order valence-corrected chi connectivity index (χ3v) is 7.15. The van der Waals surface area contributed by atoms with Gasteiger partial charge in [0.15, 0.2) is 5.75 Å². The first-order valence-corrected chi connectivity index (χ1v) is 14.3. The van der Waals surface area contributed by atoms with Gasteiger partial charge in [-0.2, -0.15) is 0 Å². The maximum absolute atomic E-state index is 14.0. The van der Waals surface area contributed by atoms with Crippen LogP contribution in [-0.4, -0.2) is 40.7 Å². The van der Waals surface area contributed by atoms with E-state index >= 15 is 0 Å². The van der Waals surface area contributed by atoms with Gasteiger partial charge >= 0.3 is 18.8 Å². The minimum Gasteiger partial charge on any atom is -0.406 e. The number of nitrogens with one attached hydrogen (secondary N) is 1. The number of amides is 3. The summed E-state index contributed by atoms with van der Waals surface area (Å²) in [5, 5.41) is 2.58. The largest absolute Gasteiger partial charge is 0.573 e. The van der Waals surface area contributed by atoms with Crippen molar-refractivity contribution >= 4 is 35.0 Å². The quantitative estimate of drug-likeness (QED) is 0.195. The Morgan fingerprint density at radius 2 is 1.52 bits per heavy atom. The van der Waals surface area contributed by atoms with Crippen molar-refractivity contribution in [1.29, 1.82) is 0 Å². The first-order valence-electron chi connectivity index (χ1n) is 13.9. The van der Waals surface area contributed by atoms with E-state index in [2.05, 4.69) is 19.8 Å². The number of nitrogens with zero attached hydrogens (tertiary/aromatic N) is 3. The van der Waals surface area contributed by atoms with Gasteiger partial charge in [-0.25, -0.2) is 14.7 Å². The number of ether oxygens (including phenoxy) is 2. The van der Waals surface area contributed by atoms with Crippen LogP contribution in [0.5, 0.6) is 11.5 Å². The van der Waals surface area contributed by atoms with E-state index in [9.17, 15) is 35.9 Å². The van der Waals surface area contributed by atoms with Crippen molar-refractivity contribution in [3.8, 4) is 22.6 Å². The standard InChI is InChI=1S/C33H23ClF6N4O4/c1-20-23(21-13-15-22(16-14-21)47-32(35,36)37)17-18-28(41-20)42-31(46)44(30(45)24-8-2-3-9-25(24)34)29-12-6-7-19-43(29)26-10-4-5-11-27(26)48-33(38,39)40/h2-19,29H,1H3,(H,41,42,46). The normalized spacial score (nSPS) is 14.4. The average Bonchev–Trinajstić information content (AvgIpc) is 3.01. The van der Waals surface area contributed by atoms with Crippen molar-refractivity contribution in [2.24, 2.45) is 0 Å². The number of anilines is 2. The van der Waals surface area contributed by atoms with E-state index in [0.29, 0.717) is 16.8 Å². The number of alkyl halides is 6. The molecule has 0 saturated carbocycles. The van der Waals surface area contributed by atoms with E-state index in [4.69, 9.17) is 11.6 Å². The summed E-state index contributed by atoms with van der Waals surface area (Å²) in [6.45, 7) is 1.60. The molecule has 1 N–H and O–H groups in total. The van der Waals surface area contributed by atoms with Crippen LogP contribution in [0, 0.1) is 6.92 Å². The van der Waals surface area contributed by atoms with Gasteiger partial charge in [0.1, 0.15) is 17.7 Å². The van der Waals surface area contributed by atoms with E-state index in [1.807, 2.05) is 0 Å². The first-order chi connectivity index (χ1) is 22.7. The minimum atomic E-state index is -5.03. The molecule has 0 bridgehead atoms. The summed E-state index contributed by atoms with van der Waals surface area (Å²) in [6.07, 6.45) is -5.37. The number of carbonyl (C=O) groups is 2. The number of rotatable bonds is 7. The van der Waals surface area contributed by atoms with E-state index in [1.165, 1.54) is 83.9 Å². The van der Waals surface area contributed by atoms with Crippen molar-refractivity contribution in [1.82, 2.24) is 9.88 Å². The fraction of sp³-hybridized carbons (Fsp3) is 0.121. The number of hydrogen-bond donors (Lipinski definition) is 1. The molecule has 3 amide bonds. The van der Waals surface area contributed by atoms with Crippen LogP contribution in [0.2, 0.25) is 5.02 Å². The average molecular weight is 689 g/mol. The summed E-state index contributed by atoms with van der Waals surface area (Å²) >= 11 is 6.31. The monoisotopic (exact) mass is 688 g/mol. The maximum atomic E-state index is 14.0. The molecule has 1 aliphatic rings. The topological polar surface area (TPSA) is 84.0 Å². The van der Waals surface area contributed by atoms with Crippen LogP contribution in [0.15, 0.2) is 109 Å². The van der Waals surface area contributed by atoms with Crippen LogP contribution in [0.4, 0.5) is 42.6 Å². The van der Waals surface area contributed by atoms with Crippen LogP contribution in [0.3, 0.4) is 0 Å². The summed E-state index contributed by atoms with van der Waals surface area (Å²) < 4.78 is 85.6. The van der Waals surface area contributed by atoms with Gasteiger partial charge in [-0.3, -0.25) is 10.1 Å². The highest BCUT2D eigenvalue weighted by Gasteiger charge is 2.38. The van der Waals surface area contributed by atoms with Gasteiger partial charge < -0.3 is 14.4 Å². The summed E-state index contributed by atoms with van der Waals surface area (Å²) in [5.41, 5.74) is 1.26. The zero-order valence-electron chi connectivity index (χ0n) is 24.6. The Labute approximate surface area is 274 Å². The summed E-state index contributed by atoms with van der Waals surface area (Å²) in [5.74, 6) is -1.86. The molecule has 0 spiro atoms. The molecular formula is C33H23ClF6N4O4. The highest BCUT2D eigenvalue weighted by atomic mass is 35.5. The number of carbonyl (C=O) groups excluding carboxylic acids is 2. The molecule has 1 aromatic heterocycles. The molecule has 3 aromatic carbocycles. The van der Waals surface area contributed by atoms with Crippen LogP contribution >= 0.6 is 11.6 Å². The SMILES string of the molecule is Cc1nc(NC(=O)N(C(=O)c2ccccc2Cl)C2C=CC=CN2c2ccccc2OC(F)(F)F)ccc1-c1ccc(OC(F)(F)F)cc1. The molecule has 48 heavy (non-hydrogen) atoms. The highest BCUT2D eigenvalue weighted by molar-refractivity contribution is 6.34. The van der Waals surface area contributed by atoms with Crippen molar-refractivity contribution in [2.45, 2.75) is 25.8 Å². The molecule has 248 valence electrons. The van der Waals surface area contributed by atoms with Gasteiger partial charge in [0.2, 0.25) is 0 Å². The fourth-order valence-electron chi connectivity index (χ4n) is 4.84. The van der Waals surface area contributed by atoms with E-state index in [0.717, 1.165) is 23.1 Å². The molecule has 0 aliphatic carbocycles. The van der Waals surface area contributed by atoms with Crippen molar-refractivity contribution in [3.05, 3.63) is 126 Å². The van der Waals surface area contributed by atoms with E-state index < -0.39 is 42.3 Å². The van der Waals surface area contributed by atoms with Gasteiger partial charge in [0, 0.05) is 17.5 Å². The Morgan fingerprint density at radius 1 is 0.854 bits per heavy atom. The second kappa shape index (κ2) is 13.7. The molecular weight excluding hydrogens is 666 g/mol. The number of para-hydroxylation sites is 2. The summed E-state index contributed by atoms with van der Waals surface area (Å²) in [4.78, 5) is 34.4. The number of imide groups is 1. The van der Waals surface area contributed by atoms with Crippen LogP contribution < -0.4 is 19.7 Å². The van der Waals surface area contributed by atoms with Gasteiger partial charge in [0.05, 0.1) is 16.3 Å². The number of benzene rings is 3. The molecule has 0 fully saturated rings. The molecule has 0 radical (unpaired) electrons. The highest BCUT2D eigenvalue weighted by Crippen LogP contribution is 2.36. The zero-order chi connectivity index (χ0) is 34.6. The molecule has 0 saturated heterocycles. The zero-order valence-corrected chi connectivity index (χ0v) is 25.3. The Morgan fingerprint density at radius 3 is 2.19 bits per heavy atom. The lowest BCUT2D eigenvalue weighted by Crippen LogP contribution is -2.53. The molecule has 1 unspecified atom stereocenters. The molecule has 5 rings (SSSR count). The van der Waals surface area contributed by atoms with Gasteiger partial charge in [-0.05, 0) is 73.2 Å². The van der Waals surface area contributed by atoms with Crippen LogP contribution in [0.1, 0.15) is 16.1 Å². The van der Waals surface area contributed by atoms with Gasteiger partial charge in [-0.15, -0.1) is 26.3 Å². The Balaban J connectivity index is 1.48. The van der Waals surface area contributed by atoms with Crippen molar-refractivity contribution in [2.75, 3.05) is 10.2 Å². The predicted octanol–water partition coefficient (Wildman–Crippen LogP) is 9.10. The number of allylic oxidation sites excluding steroid dienone is 2. The molecule has 8 nitrogen and oxygen atoms in total. The number of hydrogen-bond acceptors (Lipinski definition) is 6. The lowest BCUT2D eigenvalue weighted by molar-refractivity contribution is -0.275. The molecule has 4 aromatic rings. The maximum Gasteiger partial charge on any atom is 0.573 e. The van der Waals surface area contributed by atoms with Gasteiger partial charge in [0.25, 0.3) is 5.91 Å². The number of urea groups is 1. The summed E-state index contributed by atoms with van der Waals surface area (Å²) in [6, 6.07) is 18.3. The smallest absolute Gasteiger partial charge is 0.406 e. The van der Waals surface area contributed by atoms with Crippen molar-refractivity contribution < 1.29 is 45.4 Å².